The molecule has 0 spiro atoms. The number of halogens is 2. The van der Waals surface area contributed by atoms with Crippen molar-refractivity contribution in [3.8, 4) is 0 Å². The molecule has 1 aliphatic carbocycles. The van der Waals surface area contributed by atoms with Crippen LogP contribution in [0, 0.1) is 11.6 Å². The Balaban J connectivity index is 1.92. The van der Waals surface area contributed by atoms with E-state index in [0.29, 0.717) is 12.8 Å². The summed E-state index contributed by atoms with van der Waals surface area (Å²) in [5.74, 6) is -4.17. The Kier molecular flexibility index (Phi) is 3.99. The second-order valence-corrected chi connectivity index (χ2v) is 4.81. The highest BCUT2D eigenvalue weighted by molar-refractivity contribution is 6.39. The van der Waals surface area contributed by atoms with Crippen molar-refractivity contribution in [1.29, 1.82) is 0 Å². The zero-order valence-corrected chi connectivity index (χ0v) is 10.6. The van der Waals surface area contributed by atoms with Gasteiger partial charge in [0.15, 0.2) is 0 Å². The molecule has 20 heavy (non-hydrogen) atoms. The molecule has 0 aromatic heterocycles. The van der Waals surface area contributed by atoms with Crippen LogP contribution < -0.4 is 10.6 Å². The molecule has 0 heterocycles. The smallest absolute Gasteiger partial charge is 0.313 e. The summed E-state index contributed by atoms with van der Waals surface area (Å²) in [6.45, 7) is -0.0565. The molecule has 1 aliphatic rings. The summed E-state index contributed by atoms with van der Waals surface area (Å²) >= 11 is 0. The first-order valence-corrected chi connectivity index (χ1v) is 6.17. The molecule has 0 saturated heterocycles. The lowest BCUT2D eigenvalue weighted by atomic mass is 9.80. The molecule has 1 aromatic rings. The topological polar surface area (TPSA) is 78.4 Å². The van der Waals surface area contributed by atoms with E-state index in [1.165, 1.54) is 0 Å². The van der Waals surface area contributed by atoms with E-state index in [0.717, 1.165) is 24.6 Å². The average Bonchev–Trinajstić information content (AvgIpc) is 2.38. The molecule has 5 nitrogen and oxygen atoms in total. The number of carbonyl (C=O) groups is 2. The number of amides is 2. The van der Waals surface area contributed by atoms with Gasteiger partial charge in [0.2, 0.25) is 0 Å². The van der Waals surface area contributed by atoms with Crippen LogP contribution in [0.1, 0.15) is 19.3 Å². The van der Waals surface area contributed by atoms with Crippen molar-refractivity contribution < 1.29 is 23.5 Å². The first-order valence-electron chi connectivity index (χ1n) is 6.17. The largest absolute Gasteiger partial charge is 0.388 e. The molecule has 0 atom stereocenters. The number of para-hydroxylation sites is 1. The van der Waals surface area contributed by atoms with E-state index in [1.54, 1.807) is 0 Å². The fraction of sp³-hybridized carbons (Fsp3) is 0.385. The molecule has 1 saturated carbocycles. The van der Waals surface area contributed by atoms with E-state index in [1.807, 2.05) is 5.32 Å². The van der Waals surface area contributed by atoms with Crippen molar-refractivity contribution in [1.82, 2.24) is 5.32 Å². The standard InChI is InChI=1S/C13H14F2N2O3/c14-8-3-1-4-9(15)10(8)17-12(19)11(18)16-7-13(20)5-2-6-13/h1,3-4,20H,2,5-7H2,(H,16,18)(H,17,19). The Hall–Kier alpha value is -2.02. The van der Waals surface area contributed by atoms with Gasteiger partial charge in [-0.05, 0) is 31.4 Å². The molecular weight excluding hydrogens is 270 g/mol. The van der Waals surface area contributed by atoms with Crippen molar-refractivity contribution in [2.75, 3.05) is 11.9 Å². The fourth-order valence-electron chi connectivity index (χ4n) is 1.87. The predicted molar refractivity (Wildman–Crippen MR) is 66.8 cm³/mol. The summed E-state index contributed by atoms with van der Waals surface area (Å²) in [6.07, 6.45) is 1.96. The molecule has 1 aromatic carbocycles. The molecule has 1 fully saturated rings. The third-order valence-corrected chi connectivity index (χ3v) is 3.27. The Morgan fingerprint density at radius 1 is 1.20 bits per heavy atom. The molecule has 0 unspecified atom stereocenters. The maximum absolute atomic E-state index is 13.3. The Morgan fingerprint density at radius 2 is 1.80 bits per heavy atom. The van der Waals surface area contributed by atoms with Gasteiger partial charge in [0.05, 0.1) is 5.60 Å². The minimum Gasteiger partial charge on any atom is -0.388 e. The van der Waals surface area contributed by atoms with Crippen LogP contribution in [0.2, 0.25) is 0 Å². The molecule has 2 rings (SSSR count). The van der Waals surface area contributed by atoms with Crippen LogP contribution in [0.25, 0.3) is 0 Å². The number of carbonyl (C=O) groups excluding carboxylic acids is 2. The van der Waals surface area contributed by atoms with E-state index in [-0.39, 0.29) is 6.54 Å². The van der Waals surface area contributed by atoms with Crippen LogP contribution in [-0.4, -0.2) is 29.1 Å². The molecule has 0 bridgehead atoms. The first kappa shape index (κ1) is 14.4. The second kappa shape index (κ2) is 5.54. The van der Waals surface area contributed by atoms with Gasteiger partial charge in [-0.1, -0.05) is 6.07 Å². The monoisotopic (exact) mass is 284 g/mol. The van der Waals surface area contributed by atoms with E-state index in [4.69, 9.17) is 0 Å². The third kappa shape index (κ3) is 3.11. The van der Waals surface area contributed by atoms with E-state index in [2.05, 4.69) is 5.32 Å². The minimum absolute atomic E-state index is 0.0565. The molecule has 7 heteroatoms. The Bertz CT molecular complexity index is 524. The number of benzene rings is 1. The number of aliphatic hydroxyl groups is 1. The molecule has 108 valence electrons. The molecule has 0 radical (unpaired) electrons. The highest BCUT2D eigenvalue weighted by Crippen LogP contribution is 2.30. The summed E-state index contributed by atoms with van der Waals surface area (Å²) in [7, 11) is 0. The van der Waals surface area contributed by atoms with Gasteiger partial charge in [-0.3, -0.25) is 9.59 Å². The number of nitrogens with one attached hydrogen (secondary N) is 2. The van der Waals surface area contributed by atoms with E-state index >= 15 is 0 Å². The maximum Gasteiger partial charge on any atom is 0.313 e. The maximum atomic E-state index is 13.3. The van der Waals surface area contributed by atoms with Crippen LogP contribution in [0.3, 0.4) is 0 Å². The minimum atomic E-state index is -1.18. The molecule has 0 aliphatic heterocycles. The van der Waals surface area contributed by atoms with Crippen LogP contribution in [-0.2, 0) is 9.59 Å². The zero-order chi connectivity index (χ0) is 14.8. The van der Waals surface area contributed by atoms with Crippen molar-refractivity contribution in [3.63, 3.8) is 0 Å². The summed E-state index contributed by atoms with van der Waals surface area (Å²) in [6, 6.07) is 3.08. The van der Waals surface area contributed by atoms with Crippen LogP contribution >= 0.6 is 0 Å². The number of hydrogen-bond donors (Lipinski definition) is 3. The Labute approximate surface area is 114 Å². The van der Waals surface area contributed by atoms with Crippen LogP contribution in [0.4, 0.5) is 14.5 Å². The summed E-state index contributed by atoms with van der Waals surface area (Å²) < 4.78 is 26.6. The fourth-order valence-corrected chi connectivity index (χ4v) is 1.87. The van der Waals surface area contributed by atoms with Crippen LogP contribution in [0.5, 0.6) is 0 Å². The van der Waals surface area contributed by atoms with Crippen LogP contribution in [0.15, 0.2) is 18.2 Å². The van der Waals surface area contributed by atoms with Crippen molar-refractivity contribution in [2.45, 2.75) is 24.9 Å². The highest BCUT2D eigenvalue weighted by Gasteiger charge is 2.35. The van der Waals surface area contributed by atoms with Crippen molar-refractivity contribution >= 4 is 17.5 Å². The number of hydrogen-bond acceptors (Lipinski definition) is 3. The number of anilines is 1. The lowest BCUT2D eigenvalue weighted by Gasteiger charge is -2.36. The number of rotatable bonds is 3. The quantitative estimate of drug-likeness (QED) is 0.723. The molecule has 2 amide bonds. The SMILES string of the molecule is O=C(NCC1(O)CCC1)C(=O)Nc1c(F)cccc1F. The zero-order valence-electron chi connectivity index (χ0n) is 10.6. The predicted octanol–water partition coefficient (Wildman–Crippen LogP) is 0.934. The van der Waals surface area contributed by atoms with E-state index < -0.39 is 34.7 Å². The van der Waals surface area contributed by atoms with Gasteiger partial charge in [-0.15, -0.1) is 0 Å². The summed E-state index contributed by atoms with van der Waals surface area (Å²) in [5, 5.41) is 13.9. The van der Waals surface area contributed by atoms with Gasteiger partial charge in [-0.2, -0.15) is 0 Å². The van der Waals surface area contributed by atoms with E-state index in [9.17, 15) is 23.5 Å². The van der Waals surface area contributed by atoms with Gasteiger partial charge in [0.1, 0.15) is 17.3 Å². The van der Waals surface area contributed by atoms with Crippen molar-refractivity contribution in [3.05, 3.63) is 29.8 Å². The Morgan fingerprint density at radius 3 is 2.30 bits per heavy atom. The van der Waals surface area contributed by atoms with Gasteiger partial charge in [0, 0.05) is 6.54 Å². The summed E-state index contributed by atoms with van der Waals surface area (Å²) in [5.41, 5.74) is -1.64. The normalized spacial score (nSPS) is 16.1. The third-order valence-electron chi connectivity index (χ3n) is 3.27. The van der Waals surface area contributed by atoms with Gasteiger partial charge < -0.3 is 15.7 Å². The second-order valence-electron chi connectivity index (χ2n) is 4.81. The molecular formula is C13H14F2N2O3. The highest BCUT2D eigenvalue weighted by atomic mass is 19.1. The lowest BCUT2D eigenvalue weighted by Crippen LogP contribution is -2.49. The first-order chi connectivity index (χ1) is 9.41. The molecule has 3 N–H and O–H groups in total. The van der Waals surface area contributed by atoms with Gasteiger partial charge in [0.25, 0.3) is 0 Å². The lowest BCUT2D eigenvalue weighted by molar-refractivity contribution is -0.137. The van der Waals surface area contributed by atoms with Gasteiger partial charge >= 0.3 is 11.8 Å². The average molecular weight is 284 g/mol. The summed E-state index contributed by atoms with van der Waals surface area (Å²) in [4.78, 5) is 23.0. The van der Waals surface area contributed by atoms with Crippen molar-refractivity contribution in [2.24, 2.45) is 0 Å². The van der Waals surface area contributed by atoms with Gasteiger partial charge in [-0.25, -0.2) is 8.78 Å².